The van der Waals surface area contributed by atoms with Gasteiger partial charge >= 0.3 is 0 Å². The molecule has 12 unspecified atom stereocenters. The molecule has 450 valence electrons. The van der Waals surface area contributed by atoms with Crippen molar-refractivity contribution in [1.82, 2.24) is 5.32 Å². The Morgan fingerprint density at radius 3 is 1.40 bits per heavy atom. The Bertz CT molecular complexity index is 1480. The van der Waals surface area contributed by atoms with E-state index in [0.717, 1.165) is 64.2 Å². The quantitative estimate of drug-likeness (QED) is 0.0204. The van der Waals surface area contributed by atoms with E-state index >= 15 is 0 Å². The number of hydrogen-bond donors (Lipinski definition) is 9. The van der Waals surface area contributed by atoms with Gasteiger partial charge in [0.25, 0.3) is 0 Å². The highest BCUT2D eigenvalue weighted by atomic mass is 16.7. The van der Waals surface area contributed by atoms with Crippen LogP contribution >= 0.6 is 0 Å². The Kier molecular flexibility index (Phi) is 44.9. The number of carbonyl (C=O) groups is 1. The van der Waals surface area contributed by atoms with Crippen LogP contribution in [0, 0.1) is 0 Å². The van der Waals surface area contributed by atoms with Crippen molar-refractivity contribution in [3.8, 4) is 0 Å². The molecule has 2 heterocycles. The van der Waals surface area contributed by atoms with Gasteiger partial charge in [-0.25, -0.2) is 0 Å². The van der Waals surface area contributed by atoms with Crippen molar-refractivity contribution in [1.29, 1.82) is 0 Å². The number of aliphatic hydroxyl groups is 8. The van der Waals surface area contributed by atoms with E-state index in [1.165, 1.54) is 154 Å². The fourth-order valence-electron chi connectivity index (χ4n) is 10.2. The summed E-state index contributed by atoms with van der Waals surface area (Å²) in [6.07, 6.45) is 44.7. The van der Waals surface area contributed by atoms with Gasteiger partial charge in [0.15, 0.2) is 12.6 Å². The molecular formula is C63H115NO13. The molecule has 0 aliphatic carbocycles. The third kappa shape index (κ3) is 34.1. The third-order valence-corrected chi connectivity index (χ3v) is 15.2. The molecule has 0 radical (unpaired) electrons. The van der Waals surface area contributed by atoms with Crippen molar-refractivity contribution < 1.29 is 64.6 Å². The molecule has 0 aromatic carbocycles. The van der Waals surface area contributed by atoms with E-state index in [2.05, 4.69) is 55.6 Å². The Hall–Kier alpha value is -2.05. The molecule has 14 nitrogen and oxygen atoms in total. The largest absolute Gasteiger partial charge is 0.394 e. The molecule has 2 saturated heterocycles. The molecule has 14 heteroatoms. The summed E-state index contributed by atoms with van der Waals surface area (Å²) < 4.78 is 22.7. The fraction of sp³-hybridized carbons (Fsp3) is 0.857. The molecule has 2 aliphatic rings. The van der Waals surface area contributed by atoms with Crippen LogP contribution < -0.4 is 5.32 Å². The minimum Gasteiger partial charge on any atom is -0.394 e. The molecule has 2 fully saturated rings. The van der Waals surface area contributed by atoms with Gasteiger partial charge in [-0.15, -0.1) is 0 Å². The van der Waals surface area contributed by atoms with Gasteiger partial charge in [-0.05, 0) is 57.8 Å². The van der Waals surface area contributed by atoms with Gasteiger partial charge in [-0.3, -0.25) is 4.79 Å². The molecule has 0 saturated carbocycles. The van der Waals surface area contributed by atoms with Crippen LogP contribution in [0.25, 0.3) is 0 Å². The minimum atomic E-state index is -1.79. The summed E-state index contributed by atoms with van der Waals surface area (Å²) in [5.41, 5.74) is 0. The van der Waals surface area contributed by atoms with E-state index in [1.54, 1.807) is 6.08 Å². The first kappa shape index (κ1) is 71.1. The van der Waals surface area contributed by atoms with Crippen molar-refractivity contribution >= 4 is 5.91 Å². The topological polar surface area (TPSA) is 228 Å². The predicted molar refractivity (Wildman–Crippen MR) is 309 cm³/mol. The van der Waals surface area contributed by atoms with E-state index in [1.807, 2.05) is 6.08 Å². The lowest BCUT2D eigenvalue weighted by Crippen LogP contribution is -2.65. The van der Waals surface area contributed by atoms with Crippen LogP contribution in [-0.4, -0.2) is 140 Å². The second-order valence-electron chi connectivity index (χ2n) is 22.2. The highest BCUT2D eigenvalue weighted by Gasteiger charge is 2.51. The maximum absolute atomic E-state index is 13.2. The van der Waals surface area contributed by atoms with E-state index < -0.39 is 86.8 Å². The number of nitrogens with one attached hydrogen (secondary N) is 1. The molecule has 9 N–H and O–H groups in total. The summed E-state index contributed by atoms with van der Waals surface area (Å²) in [6, 6.07) is -0.940. The van der Waals surface area contributed by atoms with E-state index in [9.17, 15) is 45.6 Å². The second kappa shape index (κ2) is 48.6. The van der Waals surface area contributed by atoms with E-state index in [0.29, 0.717) is 12.8 Å². The number of allylic oxidation sites excluding steroid dienone is 7. The Morgan fingerprint density at radius 1 is 0.468 bits per heavy atom. The van der Waals surface area contributed by atoms with Crippen molar-refractivity contribution in [3.05, 3.63) is 48.6 Å². The summed E-state index contributed by atoms with van der Waals surface area (Å²) in [4.78, 5) is 13.2. The number of aliphatic hydroxyl groups excluding tert-OH is 8. The molecule has 12 atom stereocenters. The first-order valence-corrected chi connectivity index (χ1v) is 31.4. The highest BCUT2D eigenvalue weighted by molar-refractivity contribution is 5.76. The van der Waals surface area contributed by atoms with Crippen LogP contribution in [0.1, 0.15) is 251 Å². The summed E-state index contributed by atoms with van der Waals surface area (Å²) in [7, 11) is 0. The van der Waals surface area contributed by atoms with Crippen LogP contribution in [-0.2, 0) is 23.7 Å². The van der Waals surface area contributed by atoms with Crippen molar-refractivity contribution in [2.75, 3.05) is 19.8 Å². The van der Waals surface area contributed by atoms with Crippen LogP contribution in [0.2, 0.25) is 0 Å². The lowest BCUT2D eigenvalue weighted by molar-refractivity contribution is -0.359. The van der Waals surface area contributed by atoms with Gasteiger partial charge in [0.2, 0.25) is 5.91 Å². The summed E-state index contributed by atoms with van der Waals surface area (Å²) in [5, 5.41) is 87.0. The number of unbranched alkanes of at least 4 members (excludes halogenated alkanes) is 31. The minimum absolute atomic E-state index is 0.256. The fourth-order valence-corrected chi connectivity index (χ4v) is 10.2. The molecule has 1 amide bonds. The first-order chi connectivity index (χ1) is 37.6. The maximum atomic E-state index is 13.2. The SMILES string of the molecule is CCC/C=C\C/C=C\CCCCCCCC(=O)NC(COC1OC(CO)C(OC2OC(CO)C(O)C(O)C2O)C(O)C1O)C(O)/C=C/CC/C=C/CCCCCCCCCCCCCCCCCCCCCCCCCC. The van der Waals surface area contributed by atoms with Crippen LogP contribution in [0.15, 0.2) is 48.6 Å². The molecule has 2 rings (SSSR count). The monoisotopic (exact) mass is 1090 g/mol. The van der Waals surface area contributed by atoms with Crippen molar-refractivity contribution in [2.24, 2.45) is 0 Å². The summed E-state index contributed by atoms with van der Waals surface area (Å²) >= 11 is 0. The van der Waals surface area contributed by atoms with Crippen LogP contribution in [0.3, 0.4) is 0 Å². The molecule has 0 spiro atoms. The zero-order valence-electron chi connectivity index (χ0n) is 48.5. The zero-order valence-corrected chi connectivity index (χ0v) is 48.5. The lowest BCUT2D eigenvalue weighted by atomic mass is 9.97. The molecule has 0 bridgehead atoms. The molecule has 0 aromatic rings. The Morgan fingerprint density at radius 2 is 0.896 bits per heavy atom. The molecule has 2 aliphatic heterocycles. The number of carbonyl (C=O) groups excluding carboxylic acids is 1. The first-order valence-electron chi connectivity index (χ1n) is 31.4. The predicted octanol–water partition coefficient (Wildman–Crippen LogP) is 11.2. The number of amides is 1. The number of hydrogen-bond acceptors (Lipinski definition) is 13. The van der Waals surface area contributed by atoms with Crippen molar-refractivity contribution in [3.63, 3.8) is 0 Å². The molecular weight excluding hydrogens is 979 g/mol. The molecule has 0 aromatic heterocycles. The smallest absolute Gasteiger partial charge is 0.220 e. The number of rotatable bonds is 50. The summed E-state index contributed by atoms with van der Waals surface area (Å²) in [5.74, 6) is -0.264. The van der Waals surface area contributed by atoms with Crippen molar-refractivity contribution in [2.45, 2.75) is 325 Å². The van der Waals surface area contributed by atoms with Gasteiger partial charge in [0, 0.05) is 6.42 Å². The highest BCUT2D eigenvalue weighted by Crippen LogP contribution is 2.30. The Balaban J connectivity index is 1.70. The van der Waals surface area contributed by atoms with Crippen LogP contribution in [0.5, 0.6) is 0 Å². The maximum Gasteiger partial charge on any atom is 0.220 e. The van der Waals surface area contributed by atoms with Crippen LogP contribution in [0.4, 0.5) is 0 Å². The average molecular weight is 1090 g/mol. The van der Waals surface area contributed by atoms with Gasteiger partial charge in [-0.1, -0.05) is 236 Å². The normalized spacial score (nSPS) is 25.0. The summed E-state index contributed by atoms with van der Waals surface area (Å²) in [6.45, 7) is 2.71. The van der Waals surface area contributed by atoms with E-state index in [4.69, 9.17) is 18.9 Å². The van der Waals surface area contributed by atoms with Gasteiger partial charge in [0.1, 0.15) is 48.8 Å². The number of ether oxygens (including phenoxy) is 4. The third-order valence-electron chi connectivity index (χ3n) is 15.2. The Labute approximate surface area is 467 Å². The zero-order chi connectivity index (χ0) is 56.0. The average Bonchev–Trinajstić information content (AvgIpc) is 3.44. The lowest BCUT2D eigenvalue weighted by Gasteiger charge is -2.46. The van der Waals surface area contributed by atoms with Gasteiger partial charge < -0.3 is 65.1 Å². The second-order valence-corrected chi connectivity index (χ2v) is 22.2. The standard InChI is InChI=1S/C63H115NO13/c1-3-5-7-9-11-13-15-17-18-19-20-21-22-23-24-25-26-27-28-29-30-31-32-33-35-36-38-40-42-44-46-52(67)51(64-55(68)47-45-43-41-39-37-34-16-14-12-10-8-6-4-2)50-74-62-60(73)58(71)61(54(49-66)76-62)77-63-59(72)57(70)56(69)53(48-65)75-63/h8,10,14,16,36,38,44,46,51-54,56-63,65-67,69-73H,3-7,9,11-13,15,17-35,37,39-43,45,47-50H2,1-2H3,(H,64,68)/b10-8-,16-14-,38-36+,46-44+. The molecule has 77 heavy (non-hydrogen) atoms. The van der Waals surface area contributed by atoms with E-state index in [-0.39, 0.29) is 18.9 Å². The van der Waals surface area contributed by atoms with Gasteiger partial charge in [0.05, 0.1) is 32.0 Å². The van der Waals surface area contributed by atoms with Gasteiger partial charge in [-0.2, -0.15) is 0 Å².